The zero-order valence-electron chi connectivity index (χ0n) is 56.6. The van der Waals surface area contributed by atoms with E-state index in [-0.39, 0.29) is 25.7 Å². The lowest BCUT2D eigenvalue weighted by Gasteiger charge is -2.21. The van der Waals surface area contributed by atoms with Gasteiger partial charge in [-0.2, -0.15) is 0 Å². The molecule has 0 saturated heterocycles. The largest absolute Gasteiger partial charge is 0.472 e. The molecule has 0 aromatic rings. The van der Waals surface area contributed by atoms with Crippen LogP contribution in [-0.2, 0) is 65.4 Å². The number of esters is 4. The Labute approximate surface area is 530 Å². The van der Waals surface area contributed by atoms with Crippen molar-refractivity contribution in [3.8, 4) is 0 Å². The van der Waals surface area contributed by atoms with Crippen LogP contribution in [0.3, 0.4) is 0 Å². The van der Waals surface area contributed by atoms with Crippen molar-refractivity contribution in [1.82, 2.24) is 0 Å². The van der Waals surface area contributed by atoms with Gasteiger partial charge in [0.25, 0.3) is 0 Å². The van der Waals surface area contributed by atoms with Crippen LogP contribution in [-0.4, -0.2) is 96.7 Å². The monoisotopic (exact) mass is 1280 g/mol. The van der Waals surface area contributed by atoms with Crippen molar-refractivity contribution in [3.05, 3.63) is 0 Å². The fourth-order valence-corrected chi connectivity index (χ4v) is 11.6. The highest BCUT2D eigenvalue weighted by molar-refractivity contribution is 7.47. The van der Waals surface area contributed by atoms with E-state index < -0.39 is 97.5 Å². The van der Waals surface area contributed by atoms with Crippen molar-refractivity contribution >= 4 is 39.5 Å². The zero-order chi connectivity index (χ0) is 64.7. The van der Waals surface area contributed by atoms with Gasteiger partial charge in [0, 0.05) is 25.7 Å². The van der Waals surface area contributed by atoms with Crippen LogP contribution in [0.4, 0.5) is 0 Å². The fourth-order valence-electron chi connectivity index (χ4n) is 10.0. The predicted octanol–water partition coefficient (Wildman–Crippen LogP) is 18.9. The van der Waals surface area contributed by atoms with E-state index in [9.17, 15) is 43.2 Å². The summed E-state index contributed by atoms with van der Waals surface area (Å²) in [5, 5.41) is 10.6. The molecule has 0 aromatic carbocycles. The molecular weight excluding hydrogens is 1150 g/mol. The van der Waals surface area contributed by atoms with Gasteiger partial charge in [-0.1, -0.05) is 280 Å². The molecular formula is C68H132O17P2. The summed E-state index contributed by atoms with van der Waals surface area (Å²) < 4.78 is 68.1. The molecule has 0 saturated carbocycles. The Morgan fingerprint density at radius 3 is 0.816 bits per heavy atom. The molecule has 0 aromatic heterocycles. The van der Waals surface area contributed by atoms with E-state index in [0.717, 1.165) is 120 Å². The first-order valence-corrected chi connectivity index (χ1v) is 38.3. The van der Waals surface area contributed by atoms with Crippen LogP contribution >= 0.6 is 15.6 Å². The highest BCUT2D eigenvalue weighted by atomic mass is 31.2. The minimum absolute atomic E-state index is 0.101. The smallest absolute Gasteiger partial charge is 0.462 e. The number of hydrogen-bond donors (Lipinski definition) is 3. The molecule has 3 N–H and O–H groups in total. The van der Waals surface area contributed by atoms with E-state index in [0.29, 0.717) is 31.6 Å². The Morgan fingerprint density at radius 2 is 0.552 bits per heavy atom. The van der Waals surface area contributed by atoms with Crippen LogP contribution in [0, 0.1) is 23.7 Å². The van der Waals surface area contributed by atoms with Gasteiger partial charge in [-0.25, -0.2) is 9.13 Å². The van der Waals surface area contributed by atoms with Crippen LogP contribution < -0.4 is 0 Å². The number of phosphoric acid groups is 2. The fraction of sp³-hybridized carbons (Fsp3) is 0.941. The van der Waals surface area contributed by atoms with Gasteiger partial charge in [0.05, 0.1) is 26.4 Å². The molecule has 17 nitrogen and oxygen atoms in total. The van der Waals surface area contributed by atoms with Crippen molar-refractivity contribution in [2.24, 2.45) is 23.7 Å². The summed E-state index contributed by atoms with van der Waals surface area (Å²) in [6.07, 6.45) is 39.1. The molecule has 0 fully saturated rings. The molecule has 0 aliphatic heterocycles. The van der Waals surface area contributed by atoms with E-state index in [1.807, 2.05) is 0 Å². The van der Waals surface area contributed by atoms with Gasteiger partial charge in [0.1, 0.15) is 19.3 Å². The Hall–Kier alpha value is -1.94. The van der Waals surface area contributed by atoms with Crippen LogP contribution in [0.15, 0.2) is 0 Å². The first kappa shape index (κ1) is 85.1. The number of aliphatic hydroxyl groups excluding tert-OH is 1. The van der Waals surface area contributed by atoms with Crippen molar-refractivity contribution in [1.29, 1.82) is 0 Å². The van der Waals surface area contributed by atoms with E-state index in [1.54, 1.807) is 0 Å². The summed E-state index contributed by atoms with van der Waals surface area (Å²) in [4.78, 5) is 72.3. The topological polar surface area (TPSA) is 237 Å². The minimum Gasteiger partial charge on any atom is -0.462 e. The summed E-state index contributed by atoms with van der Waals surface area (Å²) >= 11 is 0. The molecule has 0 aliphatic rings. The van der Waals surface area contributed by atoms with Gasteiger partial charge in [0.15, 0.2) is 12.2 Å². The number of aliphatic hydroxyl groups is 1. The molecule has 5 unspecified atom stereocenters. The molecule has 0 bridgehead atoms. The second-order valence-corrected chi connectivity index (χ2v) is 28.7. The van der Waals surface area contributed by atoms with Gasteiger partial charge >= 0.3 is 39.5 Å². The molecule has 0 heterocycles. The molecule has 0 spiro atoms. The van der Waals surface area contributed by atoms with E-state index in [1.165, 1.54) is 122 Å². The standard InChI is InChI=1S/C68H132O17P2/c1-9-59(6)45-37-29-20-18-16-14-12-13-15-17-19-21-34-42-50-67(72)84-63(54-78-65(70)48-40-32-25-22-28-36-44-58(4)5)56-82-86(74,75)80-52-62(69)53-81-87(76,77)83-57-64(85-68(73)51-43-35-27-24-31-39-47-61(8)11-3)55-79-66(71)49-41-33-26-23-30-38-46-60(7)10-2/h58-64,69H,9-57H2,1-8H3,(H,74,75)(H,76,77)/t59?,60?,61?,62-,63-,64-/m1/s1. The Balaban J connectivity index is 5.21. The van der Waals surface area contributed by atoms with Crippen LogP contribution in [0.2, 0.25) is 0 Å². The molecule has 0 rings (SSSR count). The van der Waals surface area contributed by atoms with Crippen molar-refractivity contribution in [3.63, 3.8) is 0 Å². The highest BCUT2D eigenvalue weighted by Crippen LogP contribution is 2.45. The molecule has 19 heteroatoms. The molecule has 0 aliphatic carbocycles. The number of hydrogen-bond acceptors (Lipinski definition) is 15. The maximum absolute atomic E-state index is 13.0. The zero-order valence-corrected chi connectivity index (χ0v) is 58.4. The summed E-state index contributed by atoms with van der Waals surface area (Å²) in [5.41, 5.74) is 0. The third-order valence-corrected chi connectivity index (χ3v) is 18.6. The van der Waals surface area contributed by atoms with E-state index >= 15 is 0 Å². The first-order valence-electron chi connectivity index (χ1n) is 35.3. The molecule has 0 amide bonds. The first-order chi connectivity index (χ1) is 41.7. The molecule has 8 atom stereocenters. The van der Waals surface area contributed by atoms with Crippen LogP contribution in [0.25, 0.3) is 0 Å². The number of ether oxygens (including phenoxy) is 4. The molecule has 516 valence electrons. The maximum atomic E-state index is 13.0. The van der Waals surface area contributed by atoms with Crippen LogP contribution in [0.1, 0.15) is 331 Å². The molecule has 0 radical (unpaired) electrons. The Morgan fingerprint density at radius 1 is 0.322 bits per heavy atom. The number of unbranched alkanes of at least 4 members (excludes halogenated alkanes) is 28. The quantitative estimate of drug-likeness (QED) is 0.0222. The third-order valence-electron chi connectivity index (χ3n) is 16.7. The van der Waals surface area contributed by atoms with Gasteiger partial charge in [-0.3, -0.25) is 37.3 Å². The Kier molecular flexibility index (Phi) is 56.6. The minimum atomic E-state index is -4.95. The van der Waals surface area contributed by atoms with Gasteiger partial charge in [0.2, 0.25) is 0 Å². The van der Waals surface area contributed by atoms with Gasteiger partial charge in [-0.05, 0) is 49.4 Å². The lowest BCUT2D eigenvalue weighted by Crippen LogP contribution is -2.30. The normalized spacial score (nSPS) is 15.3. The van der Waals surface area contributed by atoms with Crippen molar-refractivity contribution in [2.75, 3.05) is 39.6 Å². The summed E-state index contributed by atoms with van der Waals surface area (Å²) in [6.45, 7) is 14.0. The SMILES string of the molecule is CCC(C)CCCCCCCCCCCCCCCCC(=O)O[C@H](COC(=O)CCCCCCCCC(C)C)COP(=O)(O)OC[C@@H](O)COP(=O)(O)OC[C@@H](COC(=O)CCCCCCCCC(C)CC)OC(=O)CCCCCCCCC(C)CC. The predicted molar refractivity (Wildman–Crippen MR) is 349 cm³/mol. The second-order valence-electron chi connectivity index (χ2n) is 25.8. The highest BCUT2D eigenvalue weighted by Gasteiger charge is 2.30. The number of carbonyl (C=O) groups is 4. The third kappa shape index (κ3) is 58.9. The second kappa shape index (κ2) is 57.9. The summed E-state index contributed by atoms with van der Waals surface area (Å²) in [6, 6.07) is 0. The summed E-state index contributed by atoms with van der Waals surface area (Å²) in [7, 11) is -9.90. The van der Waals surface area contributed by atoms with Crippen molar-refractivity contribution < 1.29 is 80.2 Å². The lowest BCUT2D eigenvalue weighted by atomic mass is 9.99. The number of rotatable bonds is 65. The number of phosphoric ester groups is 2. The van der Waals surface area contributed by atoms with Crippen LogP contribution in [0.5, 0.6) is 0 Å². The average Bonchev–Trinajstić information content (AvgIpc) is 3.71. The van der Waals surface area contributed by atoms with Gasteiger partial charge in [-0.15, -0.1) is 0 Å². The number of carbonyl (C=O) groups excluding carboxylic acids is 4. The van der Waals surface area contributed by atoms with E-state index in [4.69, 9.17) is 37.0 Å². The van der Waals surface area contributed by atoms with Crippen molar-refractivity contribution in [2.45, 2.75) is 350 Å². The van der Waals surface area contributed by atoms with E-state index in [2.05, 4.69) is 55.4 Å². The molecule has 87 heavy (non-hydrogen) atoms. The Bertz CT molecular complexity index is 1740. The van der Waals surface area contributed by atoms with Gasteiger partial charge < -0.3 is 33.8 Å². The summed E-state index contributed by atoms with van der Waals surface area (Å²) in [5.74, 6) is 0.838. The average molecular weight is 1280 g/mol. The lowest BCUT2D eigenvalue weighted by molar-refractivity contribution is -0.161. The maximum Gasteiger partial charge on any atom is 0.472 e.